The molecule has 0 spiro atoms. The van der Waals surface area contributed by atoms with Crippen LogP contribution in [0, 0.1) is 0 Å². The van der Waals surface area contributed by atoms with Crippen LogP contribution < -0.4 is 10.6 Å². The maximum absolute atomic E-state index is 11.7. The first-order valence-corrected chi connectivity index (χ1v) is 7.28. The van der Waals surface area contributed by atoms with Gasteiger partial charge in [0.05, 0.1) is 12.7 Å². The molecule has 19 heavy (non-hydrogen) atoms. The summed E-state index contributed by atoms with van der Waals surface area (Å²) < 4.78 is 4.99. The van der Waals surface area contributed by atoms with Crippen molar-refractivity contribution in [3.05, 3.63) is 23.8 Å². The lowest BCUT2D eigenvalue weighted by Crippen LogP contribution is -2.43. The molecule has 1 aromatic rings. The van der Waals surface area contributed by atoms with E-state index in [0.29, 0.717) is 11.3 Å². The predicted molar refractivity (Wildman–Crippen MR) is 80.9 cm³/mol. The van der Waals surface area contributed by atoms with Gasteiger partial charge in [-0.05, 0) is 32.0 Å². The van der Waals surface area contributed by atoms with Crippen molar-refractivity contribution in [1.82, 2.24) is 0 Å². The molecule has 0 radical (unpaired) electrons. The summed E-state index contributed by atoms with van der Waals surface area (Å²) in [5, 5.41) is 0. The molecule has 1 aliphatic heterocycles. The number of carbonyl (C=O) groups is 1. The van der Waals surface area contributed by atoms with Crippen LogP contribution in [0.4, 0.5) is 11.4 Å². The first-order valence-electron chi connectivity index (χ1n) is 6.30. The highest BCUT2D eigenvalue weighted by atomic mass is 32.2. The molecule has 1 fully saturated rings. The minimum atomic E-state index is -0.384. The van der Waals surface area contributed by atoms with Crippen molar-refractivity contribution in [3.63, 3.8) is 0 Å². The Morgan fingerprint density at radius 2 is 2.21 bits per heavy atom. The van der Waals surface area contributed by atoms with Crippen molar-refractivity contribution < 1.29 is 9.53 Å². The van der Waals surface area contributed by atoms with Crippen LogP contribution in [0.3, 0.4) is 0 Å². The number of nitrogen functional groups attached to an aromatic ring is 1. The van der Waals surface area contributed by atoms with Crippen LogP contribution in [0.15, 0.2) is 18.2 Å². The standard InChI is InChI=1S/C14H20N2O2S/c1-14(2)9-16(6-7-19-14)10-4-5-12(15)11(8-10)13(17)18-3/h4-5,8H,6-7,9,15H2,1-3H3. The summed E-state index contributed by atoms with van der Waals surface area (Å²) in [5.41, 5.74) is 7.76. The third-order valence-electron chi connectivity index (χ3n) is 3.23. The van der Waals surface area contributed by atoms with Crippen LogP contribution >= 0.6 is 11.8 Å². The third-order valence-corrected chi connectivity index (χ3v) is 4.53. The number of nitrogens with zero attached hydrogens (tertiary/aromatic N) is 1. The molecule has 2 rings (SSSR count). The Balaban J connectivity index is 2.28. The number of methoxy groups -OCH3 is 1. The Morgan fingerprint density at radius 3 is 2.84 bits per heavy atom. The van der Waals surface area contributed by atoms with E-state index < -0.39 is 0 Å². The van der Waals surface area contributed by atoms with Crippen molar-refractivity contribution in [3.8, 4) is 0 Å². The fraction of sp³-hybridized carbons (Fsp3) is 0.500. The summed E-state index contributed by atoms with van der Waals surface area (Å²) in [6, 6.07) is 5.57. The van der Waals surface area contributed by atoms with Crippen molar-refractivity contribution in [2.75, 3.05) is 36.6 Å². The van der Waals surface area contributed by atoms with E-state index in [-0.39, 0.29) is 10.7 Å². The maximum atomic E-state index is 11.7. The molecule has 0 bridgehead atoms. The lowest BCUT2D eigenvalue weighted by atomic mass is 10.1. The second-order valence-corrected chi connectivity index (χ2v) is 7.09. The molecule has 0 aliphatic carbocycles. The molecule has 1 heterocycles. The summed E-state index contributed by atoms with van der Waals surface area (Å²) in [6.45, 7) is 6.42. The summed E-state index contributed by atoms with van der Waals surface area (Å²) >= 11 is 1.98. The van der Waals surface area contributed by atoms with Crippen LogP contribution in [0.5, 0.6) is 0 Å². The van der Waals surface area contributed by atoms with Gasteiger partial charge >= 0.3 is 5.97 Å². The van der Waals surface area contributed by atoms with Gasteiger partial charge in [0, 0.05) is 35.0 Å². The average molecular weight is 280 g/mol. The van der Waals surface area contributed by atoms with Crippen molar-refractivity contribution in [2.24, 2.45) is 0 Å². The van der Waals surface area contributed by atoms with Gasteiger partial charge in [-0.3, -0.25) is 0 Å². The summed E-state index contributed by atoms with van der Waals surface area (Å²) in [4.78, 5) is 14.0. The smallest absolute Gasteiger partial charge is 0.340 e. The number of hydrogen-bond donors (Lipinski definition) is 1. The molecule has 2 N–H and O–H groups in total. The number of carbonyl (C=O) groups excluding carboxylic acids is 1. The highest BCUT2D eigenvalue weighted by molar-refractivity contribution is 8.00. The molecule has 5 heteroatoms. The normalized spacial score (nSPS) is 18.2. The lowest BCUT2D eigenvalue weighted by molar-refractivity contribution is 0.0602. The van der Waals surface area contributed by atoms with E-state index in [4.69, 9.17) is 10.5 Å². The Labute approximate surface area is 118 Å². The van der Waals surface area contributed by atoms with Crippen LogP contribution in [-0.2, 0) is 4.74 Å². The van der Waals surface area contributed by atoms with Gasteiger partial charge in [0.15, 0.2) is 0 Å². The van der Waals surface area contributed by atoms with Gasteiger partial charge < -0.3 is 15.4 Å². The quantitative estimate of drug-likeness (QED) is 0.666. The first-order chi connectivity index (χ1) is 8.93. The van der Waals surface area contributed by atoms with Crippen molar-refractivity contribution >= 4 is 29.1 Å². The van der Waals surface area contributed by atoms with E-state index in [9.17, 15) is 4.79 Å². The summed E-state index contributed by atoms with van der Waals surface area (Å²) in [5.74, 6) is 0.704. The first kappa shape index (κ1) is 14.1. The van der Waals surface area contributed by atoms with E-state index in [1.54, 1.807) is 6.07 Å². The molecule has 0 saturated carbocycles. The van der Waals surface area contributed by atoms with Gasteiger partial charge in [-0.2, -0.15) is 11.8 Å². The van der Waals surface area contributed by atoms with Crippen molar-refractivity contribution in [1.29, 1.82) is 0 Å². The SMILES string of the molecule is COC(=O)c1cc(N2CCSC(C)(C)C2)ccc1N. The van der Waals surface area contributed by atoms with Crippen LogP contribution in [0.2, 0.25) is 0 Å². The number of anilines is 2. The number of nitrogens with two attached hydrogens (primary N) is 1. The van der Waals surface area contributed by atoms with Gasteiger partial charge in [0.1, 0.15) is 0 Å². The molecule has 0 aromatic heterocycles. The molecule has 1 saturated heterocycles. The largest absolute Gasteiger partial charge is 0.465 e. The van der Waals surface area contributed by atoms with Gasteiger partial charge in [-0.25, -0.2) is 4.79 Å². The number of esters is 1. The fourth-order valence-electron chi connectivity index (χ4n) is 2.26. The number of thioether (sulfide) groups is 1. The Morgan fingerprint density at radius 1 is 1.47 bits per heavy atom. The number of ether oxygens (including phenoxy) is 1. The van der Waals surface area contributed by atoms with E-state index >= 15 is 0 Å². The lowest BCUT2D eigenvalue weighted by Gasteiger charge is -2.39. The molecule has 104 valence electrons. The minimum Gasteiger partial charge on any atom is -0.465 e. The summed E-state index contributed by atoms with van der Waals surface area (Å²) in [6.07, 6.45) is 0. The number of hydrogen-bond acceptors (Lipinski definition) is 5. The molecule has 4 nitrogen and oxygen atoms in total. The Hall–Kier alpha value is -1.36. The van der Waals surface area contributed by atoms with Gasteiger partial charge in [0.2, 0.25) is 0 Å². The number of benzene rings is 1. The van der Waals surface area contributed by atoms with Gasteiger partial charge in [-0.1, -0.05) is 0 Å². The molecule has 1 aliphatic rings. The molecular weight excluding hydrogens is 260 g/mol. The number of rotatable bonds is 2. The average Bonchev–Trinajstić information content (AvgIpc) is 2.37. The monoisotopic (exact) mass is 280 g/mol. The van der Waals surface area contributed by atoms with Crippen LogP contribution in [0.1, 0.15) is 24.2 Å². The molecular formula is C14H20N2O2S. The van der Waals surface area contributed by atoms with E-state index in [2.05, 4.69) is 18.7 Å². The zero-order chi connectivity index (χ0) is 14.0. The third kappa shape index (κ3) is 3.15. The van der Waals surface area contributed by atoms with Crippen molar-refractivity contribution in [2.45, 2.75) is 18.6 Å². The maximum Gasteiger partial charge on any atom is 0.340 e. The zero-order valence-corrected chi connectivity index (χ0v) is 12.4. The van der Waals surface area contributed by atoms with E-state index in [1.165, 1.54) is 7.11 Å². The van der Waals surface area contributed by atoms with Crippen LogP contribution in [-0.4, -0.2) is 36.7 Å². The summed E-state index contributed by atoms with van der Waals surface area (Å²) in [7, 11) is 1.37. The predicted octanol–water partition coefficient (Wildman–Crippen LogP) is 2.39. The molecule has 0 amide bonds. The second kappa shape index (κ2) is 5.33. The Kier molecular flexibility index (Phi) is 3.94. The highest BCUT2D eigenvalue weighted by Gasteiger charge is 2.27. The molecule has 1 aromatic carbocycles. The topological polar surface area (TPSA) is 55.6 Å². The van der Waals surface area contributed by atoms with E-state index in [1.807, 2.05) is 23.9 Å². The minimum absolute atomic E-state index is 0.227. The zero-order valence-electron chi connectivity index (χ0n) is 11.6. The van der Waals surface area contributed by atoms with Gasteiger partial charge in [0.25, 0.3) is 0 Å². The molecule has 0 atom stereocenters. The van der Waals surface area contributed by atoms with Gasteiger partial charge in [-0.15, -0.1) is 0 Å². The molecule has 0 unspecified atom stereocenters. The van der Waals surface area contributed by atoms with E-state index in [0.717, 1.165) is 24.5 Å². The second-order valence-electron chi connectivity index (χ2n) is 5.29. The highest BCUT2D eigenvalue weighted by Crippen LogP contribution is 2.33. The fourth-order valence-corrected chi connectivity index (χ4v) is 3.38. The van der Waals surface area contributed by atoms with Crippen LogP contribution in [0.25, 0.3) is 0 Å². The Bertz CT molecular complexity index is 488.